The van der Waals surface area contributed by atoms with Gasteiger partial charge in [-0.15, -0.1) is 0 Å². The second-order valence-corrected chi connectivity index (χ2v) is 6.58. The van der Waals surface area contributed by atoms with E-state index in [9.17, 15) is 0 Å². The van der Waals surface area contributed by atoms with E-state index in [1.807, 2.05) is 7.05 Å². The maximum absolute atomic E-state index is 3.64. The van der Waals surface area contributed by atoms with Gasteiger partial charge < -0.3 is 15.5 Å². The number of hydrogen-bond acceptors (Lipinski definition) is 4. The highest BCUT2D eigenvalue weighted by Gasteiger charge is 2.24. The lowest BCUT2D eigenvalue weighted by molar-refractivity contribution is 0.258. The van der Waals surface area contributed by atoms with Gasteiger partial charge in [0.15, 0.2) is 0 Å². The van der Waals surface area contributed by atoms with Gasteiger partial charge in [0, 0.05) is 51.0 Å². The van der Waals surface area contributed by atoms with Crippen molar-refractivity contribution < 1.29 is 0 Å². The molecule has 0 spiro atoms. The van der Waals surface area contributed by atoms with Gasteiger partial charge in [0.1, 0.15) is 0 Å². The third-order valence-corrected chi connectivity index (χ3v) is 4.98. The van der Waals surface area contributed by atoms with E-state index in [2.05, 4.69) is 45.6 Å². The van der Waals surface area contributed by atoms with Gasteiger partial charge in [0.25, 0.3) is 0 Å². The molecule has 0 saturated carbocycles. The van der Waals surface area contributed by atoms with Crippen LogP contribution >= 0.6 is 0 Å². The highest BCUT2D eigenvalue weighted by molar-refractivity contribution is 5.58. The monoisotopic (exact) mass is 302 g/mol. The fourth-order valence-corrected chi connectivity index (χ4v) is 3.81. The molecule has 1 aromatic carbocycles. The van der Waals surface area contributed by atoms with Crippen LogP contribution in [0.3, 0.4) is 0 Å². The minimum Gasteiger partial charge on any atom is -0.369 e. The minimum absolute atomic E-state index is 0.556. The van der Waals surface area contributed by atoms with Crippen LogP contribution in [0, 0.1) is 0 Å². The summed E-state index contributed by atoms with van der Waals surface area (Å²) in [4.78, 5) is 5.20. The van der Waals surface area contributed by atoms with Gasteiger partial charge in [-0.05, 0) is 43.6 Å². The Morgan fingerprint density at radius 3 is 2.77 bits per heavy atom. The number of likely N-dealkylation sites (N-methyl/N-ethyl adjacent to an activating group) is 1. The number of piperazine rings is 1. The maximum Gasteiger partial charge on any atom is 0.0403 e. The quantitative estimate of drug-likeness (QED) is 0.862. The molecule has 0 radical (unpaired) electrons. The van der Waals surface area contributed by atoms with Crippen molar-refractivity contribution in [2.45, 2.75) is 32.4 Å². The van der Waals surface area contributed by atoms with E-state index in [0.29, 0.717) is 6.04 Å². The number of fused-ring (bicyclic) bond motifs is 1. The molecule has 4 nitrogen and oxygen atoms in total. The zero-order valence-corrected chi connectivity index (χ0v) is 14.1. The number of hydrogen-bond donors (Lipinski definition) is 2. The van der Waals surface area contributed by atoms with Gasteiger partial charge in [-0.2, -0.15) is 0 Å². The highest BCUT2D eigenvalue weighted by Crippen LogP contribution is 2.29. The molecule has 1 saturated heterocycles. The predicted octanol–water partition coefficient (Wildman–Crippen LogP) is 1.45. The molecule has 1 atom stereocenters. The SMILES string of the molecule is CCCN1CCN(c2cccc3c2CC(CNC)NC3)CC1. The van der Waals surface area contributed by atoms with E-state index in [0.717, 1.165) is 19.5 Å². The molecule has 122 valence electrons. The van der Waals surface area contributed by atoms with Gasteiger partial charge in [-0.3, -0.25) is 4.90 Å². The molecule has 3 rings (SSSR count). The summed E-state index contributed by atoms with van der Waals surface area (Å²) in [6.45, 7) is 10.3. The molecule has 0 aliphatic carbocycles. The number of rotatable bonds is 5. The summed E-state index contributed by atoms with van der Waals surface area (Å²) >= 11 is 0. The Morgan fingerprint density at radius 1 is 1.23 bits per heavy atom. The Kier molecular flexibility index (Phi) is 5.34. The molecule has 2 aliphatic heterocycles. The largest absolute Gasteiger partial charge is 0.369 e. The van der Waals surface area contributed by atoms with Crippen LogP contribution < -0.4 is 15.5 Å². The molecule has 2 aliphatic rings. The molecular formula is C18H30N4. The fourth-order valence-electron chi connectivity index (χ4n) is 3.81. The second kappa shape index (κ2) is 7.44. The van der Waals surface area contributed by atoms with Crippen molar-refractivity contribution in [3.8, 4) is 0 Å². The normalized spacial score (nSPS) is 22.6. The van der Waals surface area contributed by atoms with Crippen LogP contribution in [0.2, 0.25) is 0 Å². The Labute approximate surface area is 134 Å². The summed E-state index contributed by atoms with van der Waals surface area (Å²) in [6.07, 6.45) is 2.40. The Hall–Kier alpha value is -1.10. The molecule has 4 heteroatoms. The van der Waals surface area contributed by atoms with Gasteiger partial charge in [-0.1, -0.05) is 19.1 Å². The summed E-state index contributed by atoms with van der Waals surface area (Å²) in [7, 11) is 2.04. The van der Waals surface area contributed by atoms with E-state index < -0.39 is 0 Å². The first kappa shape index (κ1) is 15.8. The van der Waals surface area contributed by atoms with Crippen LogP contribution in [-0.4, -0.2) is 57.3 Å². The van der Waals surface area contributed by atoms with Crippen LogP contribution in [0.1, 0.15) is 24.5 Å². The predicted molar refractivity (Wildman–Crippen MR) is 93.6 cm³/mol. The van der Waals surface area contributed by atoms with E-state index in [1.54, 1.807) is 5.56 Å². The molecule has 22 heavy (non-hydrogen) atoms. The molecule has 0 bridgehead atoms. The average Bonchev–Trinajstić information content (AvgIpc) is 2.56. The van der Waals surface area contributed by atoms with E-state index >= 15 is 0 Å². The summed E-state index contributed by atoms with van der Waals surface area (Å²) in [5.74, 6) is 0. The first-order valence-electron chi connectivity index (χ1n) is 8.78. The Balaban J connectivity index is 1.72. The minimum atomic E-state index is 0.556. The average molecular weight is 302 g/mol. The molecular weight excluding hydrogens is 272 g/mol. The molecule has 1 unspecified atom stereocenters. The van der Waals surface area contributed by atoms with Crippen LogP contribution in [-0.2, 0) is 13.0 Å². The summed E-state index contributed by atoms with van der Waals surface area (Å²) in [6, 6.07) is 7.40. The molecule has 0 aromatic heterocycles. The van der Waals surface area contributed by atoms with Gasteiger partial charge >= 0.3 is 0 Å². The summed E-state index contributed by atoms with van der Waals surface area (Å²) in [5.41, 5.74) is 4.54. The highest BCUT2D eigenvalue weighted by atomic mass is 15.3. The van der Waals surface area contributed by atoms with Crippen molar-refractivity contribution in [1.82, 2.24) is 15.5 Å². The van der Waals surface area contributed by atoms with Crippen LogP contribution in [0.15, 0.2) is 18.2 Å². The van der Waals surface area contributed by atoms with Crippen LogP contribution in [0.4, 0.5) is 5.69 Å². The molecule has 2 heterocycles. The second-order valence-electron chi connectivity index (χ2n) is 6.58. The molecule has 1 aromatic rings. The lowest BCUT2D eigenvalue weighted by Crippen LogP contribution is -2.48. The molecule has 1 fully saturated rings. The fraction of sp³-hybridized carbons (Fsp3) is 0.667. The lowest BCUT2D eigenvalue weighted by Gasteiger charge is -2.38. The van der Waals surface area contributed by atoms with Crippen molar-refractivity contribution in [3.63, 3.8) is 0 Å². The van der Waals surface area contributed by atoms with Crippen molar-refractivity contribution in [2.24, 2.45) is 0 Å². The van der Waals surface area contributed by atoms with Gasteiger partial charge in [0.2, 0.25) is 0 Å². The van der Waals surface area contributed by atoms with Crippen molar-refractivity contribution in [3.05, 3.63) is 29.3 Å². The Bertz CT molecular complexity index is 480. The lowest BCUT2D eigenvalue weighted by atomic mass is 9.93. The van der Waals surface area contributed by atoms with Crippen LogP contribution in [0.5, 0.6) is 0 Å². The number of anilines is 1. The van der Waals surface area contributed by atoms with E-state index in [1.165, 1.54) is 50.4 Å². The topological polar surface area (TPSA) is 30.5 Å². The summed E-state index contributed by atoms with van der Waals surface area (Å²) in [5, 5.41) is 6.95. The van der Waals surface area contributed by atoms with Crippen LogP contribution in [0.25, 0.3) is 0 Å². The first-order chi connectivity index (χ1) is 10.8. The standard InChI is InChI=1S/C18H30N4/c1-3-7-21-8-10-22(11-9-21)18-6-4-5-15-13-20-16(14-19-2)12-17(15)18/h4-6,16,19-20H,3,7-14H2,1-2H3. The zero-order valence-electron chi connectivity index (χ0n) is 14.1. The number of nitrogens with zero attached hydrogens (tertiary/aromatic N) is 2. The maximum atomic E-state index is 3.64. The van der Waals surface area contributed by atoms with E-state index in [4.69, 9.17) is 0 Å². The Morgan fingerprint density at radius 2 is 2.05 bits per heavy atom. The van der Waals surface area contributed by atoms with E-state index in [-0.39, 0.29) is 0 Å². The third-order valence-electron chi connectivity index (χ3n) is 4.98. The number of benzene rings is 1. The number of nitrogens with one attached hydrogen (secondary N) is 2. The first-order valence-corrected chi connectivity index (χ1v) is 8.78. The summed E-state index contributed by atoms with van der Waals surface area (Å²) < 4.78 is 0. The zero-order chi connectivity index (χ0) is 15.4. The smallest absolute Gasteiger partial charge is 0.0403 e. The van der Waals surface area contributed by atoms with Crippen molar-refractivity contribution in [1.29, 1.82) is 0 Å². The van der Waals surface area contributed by atoms with Crippen molar-refractivity contribution >= 4 is 5.69 Å². The van der Waals surface area contributed by atoms with Crippen molar-refractivity contribution in [2.75, 3.05) is 51.2 Å². The molecule has 0 amide bonds. The third kappa shape index (κ3) is 3.45. The van der Waals surface area contributed by atoms with Gasteiger partial charge in [-0.25, -0.2) is 0 Å². The molecule has 2 N–H and O–H groups in total. The van der Waals surface area contributed by atoms with Gasteiger partial charge in [0.05, 0.1) is 0 Å².